The van der Waals surface area contributed by atoms with Gasteiger partial charge in [-0.2, -0.15) is 0 Å². The molecule has 2 aromatic rings. The summed E-state index contributed by atoms with van der Waals surface area (Å²) < 4.78 is 19.2. The van der Waals surface area contributed by atoms with Crippen LogP contribution in [0.15, 0.2) is 34.9 Å². The number of amides is 1. The molecule has 5 nitrogen and oxygen atoms in total. The molecule has 0 spiro atoms. The number of fused-ring (bicyclic) bond motifs is 2. The predicted octanol–water partition coefficient (Wildman–Crippen LogP) is 2.10. The summed E-state index contributed by atoms with van der Waals surface area (Å²) in [6, 6.07) is 6.97. The molecule has 3 atom stereocenters. The van der Waals surface area contributed by atoms with Crippen LogP contribution in [0.1, 0.15) is 29.8 Å². The number of pyridine rings is 1. The van der Waals surface area contributed by atoms with Crippen molar-refractivity contribution in [1.29, 1.82) is 0 Å². The van der Waals surface area contributed by atoms with Crippen molar-refractivity contribution >= 4 is 5.91 Å². The molecule has 2 saturated heterocycles. The molecule has 0 radical (unpaired) electrons. The number of carbonyl (C=O) groups is 1. The lowest BCUT2D eigenvalue weighted by Crippen LogP contribution is -2.42. The Kier molecular flexibility index (Phi) is 3.18. The highest BCUT2D eigenvalue weighted by molar-refractivity contribution is 5.92. The van der Waals surface area contributed by atoms with Crippen molar-refractivity contribution in [3.05, 3.63) is 42.0 Å². The summed E-state index contributed by atoms with van der Waals surface area (Å²) in [6.45, 7) is 0. The second-order valence-electron chi connectivity index (χ2n) is 5.86. The van der Waals surface area contributed by atoms with E-state index in [0.29, 0.717) is 12.1 Å². The number of carbonyl (C=O) groups excluding carboxylic acids is 1. The minimum absolute atomic E-state index is 0.114. The van der Waals surface area contributed by atoms with Gasteiger partial charge >= 0.3 is 0 Å². The minimum Gasteiger partial charge on any atom is -0.449 e. The summed E-state index contributed by atoms with van der Waals surface area (Å²) >= 11 is 0. The highest BCUT2D eigenvalue weighted by Gasteiger charge is 2.39. The van der Waals surface area contributed by atoms with E-state index >= 15 is 0 Å². The minimum atomic E-state index is -0.471. The average molecular weight is 301 g/mol. The van der Waals surface area contributed by atoms with E-state index in [1.807, 2.05) is 0 Å². The maximum Gasteiger partial charge on any atom is 0.287 e. The van der Waals surface area contributed by atoms with Crippen molar-refractivity contribution in [3.8, 4) is 11.5 Å². The Morgan fingerprint density at radius 1 is 1.36 bits per heavy atom. The Balaban J connectivity index is 1.49. The van der Waals surface area contributed by atoms with E-state index in [1.54, 1.807) is 12.1 Å². The standard InChI is InChI=1S/C16H16FN3O2/c17-10-2-1-7-18-15(10)13-5-6-14(22-13)16(21)20-12-8-9-3-4-11(12)19-9/h1-2,5-7,9,11-12,19H,3-4,8H2,(H,20,21). The van der Waals surface area contributed by atoms with Crippen molar-refractivity contribution in [2.24, 2.45) is 0 Å². The molecule has 2 aromatic heterocycles. The highest BCUT2D eigenvalue weighted by atomic mass is 19.1. The quantitative estimate of drug-likeness (QED) is 0.911. The van der Waals surface area contributed by atoms with Crippen molar-refractivity contribution in [2.75, 3.05) is 0 Å². The van der Waals surface area contributed by atoms with Gasteiger partial charge in [0.2, 0.25) is 0 Å². The van der Waals surface area contributed by atoms with Gasteiger partial charge in [-0.15, -0.1) is 0 Å². The van der Waals surface area contributed by atoms with Crippen LogP contribution >= 0.6 is 0 Å². The first-order valence-corrected chi connectivity index (χ1v) is 7.48. The van der Waals surface area contributed by atoms with Crippen LogP contribution in [0.3, 0.4) is 0 Å². The van der Waals surface area contributed by atoms with E-state index in [2.05, 4.69) is 15.6 Å². The zero-order chi connectivity index (χ0) is 15.1. The number of hydrogen-bond donors (Lipinski definition) is 2. The number of hydrogen-bond acceptors (Lipinski definition) is 4. The monoisotopic (exact) mass is 301 g/mol. The van der Waals surface area contributed by atoms with Gasteiger partial charge in [0, 0.05) is 24.3 Å². The lowest BCUT2D eigenvalue weighted by atomic mass is 9.95. The zero-order valence-electron chi connectivity index (χ0n) is 11.9. The first-order chi connectivity index (χ1) is 10.7. The SMILES string of the molecule is O=C(NC1CC2CCC1N2)c1ccc(-c2ncccc2F)o1. The van der Waals surface area contributed by atoms with Crippen LogP contribution < -0.4 is 10.6 Å². The first kappa shape index (κ1) is 13.5. The maximum atomic E-state index is 13.7. The topological polar surface area (TPSA) is 67.2 Å². The van der Waals surface area contributed by atoms with Crippen LogP contribution in [-0.2, 0) is 0 Å². The van der Waals surface area contributed by atoms with Crippen LogP contribution in [0.4, 0.5) is 4.39 Å². The Labute approximate surface area is 126 Å². The number of aromatic nitrogens is 1. The molecule has 0 aromatic carbocycles. The van der Waals surface area contributed by atoms with E-state index in [4.69, 9.17) is 4.42 Å². The van der Waals surface area contributed by atoms with Gasteiger partial charge in [0.05, 0.1) is 0 Å². The van der Waals surface area contributed by atoms with Crippen LogP contribution in [0, 0.1) is 5.82 Å². The molecule has 2 aliphatic rings. The van der Waals surface area contributed by atoms with Gasteiger partial charge in [0.15, 0.2) is 17.3 Å². The van der Waals surface area contributed by atoms with E-state index in [9.17, 15) is 9.18 Å². The van der Waals surface area contributed by atoms with Crippen molar-refractivity contribution < 1.29 is 13.6 Å². The Morgan fingerprint density at radius 3 is 3.00 bits per heavy atom. The van der Waals surface area contributed by atoms with Crippen LogP contribution in [0.2, 0.25) is 0 Å². The van der Waals surface area contributed by atoms with E-state index in [0.717, 1.165) is 12.8 Å². The normalized spacial score (nSPS) is 26.3. The molecule has 4 heterocycles. The molecule has 0 saturated carbocycles. The number of nitrogens with zero attached hydrogens (tertiary/aromatic N) is 1. The van der Waals surface area contributed by atoms with Crippen molar-refractivity contribution in [2.45, 2.75) is 37.4 Å². The Morgan fingerprint density at radius 2 is 2.27 bits per heavy atom. The Bertz CT molecular complexity index is 715. The number of halogens is 1. The molecule has 3 unspecified atom stereocenters. The van der Waals surface area contributed by atoms with E-state index in [1.165, 1.54) is 24.8 Å². The molecule has 2 N–H and O–H groups in total. The molecular weight excluding hydrogens is 285 g/mol. The van der Waals surface area contributed by atoms with Crippen molar-refractivity contribution in [3.63, 3.8) is 0 Å². The number of furan rings is 1. The third kappa shape index (κ3) is 2.29. The zero-order valence-corrected chi connectivity index (χ0v) is 11.9. The van der Waals surface area contributed by atoms with Gasteiger partial charge < -0.3 is 15.1 Å². The molecule has 2 bridgehead atoms. The van der Waals surface area contributed by atoms with Crippen LogP contribution in [-0.4, -0.2) is 29.0 Å². The fourth-order valence-electron chi connectivity index (χ4n) is 3.38. The molecule has 2 fully saturated rings. The van der Waals surface area contributed by atoms with E-state index < -0.39 is 5.82 Å². The molecule has 1 amide bonds. The fraction of sp³-hybridized carbons (Fsp3) is 0.375. The third-order valence-corrected chi connectivity index (χ3v) is 4.44. The Hall–Kier alpha value is -2.21. The predicted molar refractivity (Wildman–Crippen MR) is 77.7 cm³/mol. The van der Waals surface area contributed by atoms with Gasteiger partial charge in [-0.1, -0.05) is 0 Å². The summed E-state index contributed by atoms with van der Waals surface area (Å²) in [4.78, 5) is 16.2. The number of rotatable bonds is 3. The third-order valence-electron chi connectivity index (χ3n) is 4.44. The van der Waals surface area contributed by atoms with Gasteiger partial charge in [0.25, 0.3) is 5.91 Å². The number of nitrogens with one attached hydrogen (secondary N) is 2. The van der Waals surface area contributed by atoms with Gasteiger partial charge in [-0.05, 0) is 43.5 Å². The lowest BCUT2D eigenvalue weighted by molar-refractivity contribution is 0.0903. The molecule has 0 aliphatic carbocycles. The van der Waals surface area contributed by atoms with E-state index in [-0.39, 0.29) is 29.2 Å². The second-order valence-corrected chi connectivity index (χ2v) is 5.86. The summed E-state index contributed by atoms with van der Waals surface area (Å²) in [5.41, 5.74) is 0.114. The lowest BCUT2D eigenvalue weighted by Gasteiger charge is -2.20. The van der Waals surface area contributed by atoms with Crippen LogP contribution in [0.5, 0.6) is 0 Å². The molecule has 2 aliphatic heterocycles. The summed E-state index contributed by atoms with van der Waals surface area (Å²) in [7, 11) is 0. The molecule has 6 heteroatoms. The smallest absolute Gasteiger partial charge is 0.287 e. The van der Waals surface area contributed by atoms with Crippen molar-refractivity contribution in [1.82, 2.24) is 15.6 Å². The van der Waals surface area contributed by atoms with Gasteiger partial charge in [-0.25, -0.2) is 9.37 Å². The van der Waals surface area contributed by atoms with Gasteiger partial charge in [-0.3, -0.25) is 4.79 Å². The molecule has 22 heavy (non-hydrogen) atoms. The largest absolute Gasteiger partial charge is 0.449 e. The van der Waals surface area contributed by atoms with Gasteiger partial charge in [0.1, 0.15) is 5.69 Å². The summed E-state index contributed by atoms with van der Waals surface area (Å²) in [6.07, 6.45) is 4.72. The fourth-order valence-corrected chi connectivity index (χ4v) is 3.38. The molecule has 114 valence electrons. The molecular formula is C16H16FN3O2. The average Bonchev–Trinajstić information content (AvgIpc) is 3.24. The maximum absolute atomic E-state index is 13.7. The first-order valence-electron chi connectivity index (χ1n) is 7.48. The summed E-state index contributed by atoms with van der Waals surface area (Å²) in [5.74, 6) is -0.291. The second kappa shape index (κ2) is 5.21. The molecule has 4 rings (SSSR count). The summed E-state index contributed by atoms with van der Waals surface area (Å²) in [5, 5.41) is 6.46. The van der Waals surface area contributed by atoms with Crippen LogP contribution in [0.25, 0.3) is 11.5 Å². The highest BCUT2D eigenvalue weighted by Crippen LogP contribution is 2.29.